The SMILES string of the molecule is CCCNC(=O)C(C)N(Cc1cccc(C)c1)C(=O)Cc1c(F)cccc1Cl. The van der Waals surface area contributed by atoms with Gasteiger partial charge in [0.15, 0.2) is 0 Å². The summed E-state index contributed by atoms with van der Waals surface area (Å²) >= 11 is 6.08. The molecule has 0 spiro atoms. The van der Waals surface area contributed by atoms with E-state index in [4.69, 9.17) is 11.6 Å². The van der Waals surface area contributed by atoms with Crippen LogP contribution in [0.3, 0.4) is 0 Å². The third kappa shape index (κ3) is 5.80. The molecule has 0 aliphatic carbocycles. The summed E-state index contributed by atoms with van der Waals surface area (Å²) in [5.74, 6) is -1.12. The summed E-state index contributed by atoms with van der Waals surface area (Å²) in [5.41, 5.74) is 2.11. The summed E-state index contributed by atoms with van der Waals surface area (Å²) in [6, 6.07) is 11.4. The maximum Gasteiger partial charge on any atom is 0.242 e. The summed E-state index contributed by atoms with van der Waals surface area (Å²) in [5, 5.41) is 3.02. The Morgan fingerprint density at radius 2 is 1.93 bits per heavy atom. The van der Waals surface area contributed by atoms with Crippen LogP contribution in [0.5, 0.6) is 0 Å². The van der Waals surface area contributed by atoms with Gasteiger partial charge in [-0.2, -0.15) is 0 Å². The van der Waals surface area contributed by atoms with Crippen molar-refractivity contribution in [3.8, 4) is 0 Å². The molecule has 1 N–H and O–H groups in total. The second kappa shape index (κ2) is 10.2. The molecular formula is C22H26ClFN2O2. The highest BCUT2D eigenvalue weighted by molar-refractivity contribution is 6.31. The van der Waals surface area contributed by atoms with Crippen molar-refractivity contribution >= 4 is 23.4 Å². The number of hydrogen-bond acceptors (Lipinski definition) is 2. The molecule has 150 valence electrons. The minimum absolute atomic E-state index is 0.143. The first-order valence-corrected chi connectivity index (χ1v) is 9.76. The van der Waals surface area contributed by atoms with Gasteiger partial charge < -0.3 is 10.2 Å². The highest BCUT2D eigenvalue weighted by Crippen LogP contribution is 2.21. The lowest BCUT2D eigenvalue weighted by Gasteiger charge is -2.29. The van der Waals surface area contributed by atoms with E-state index >= 15 is 0 Å². The lowest BCUT2D eigenvalue weighted by Crippen LogP contribution is -2.48. The Kier molecular flexibility index (Phi) is 8.00. The quantitative estimate of drug-likeness (QED) is 0.714. The molecule has 0 aliphatic heterocycles. The normalized spacial score (nSPS) is 11.8. The van der Waals surface area contributed by atoms with Gasteiger partial charge in [0.25, 0.3) is 0 Å². The minimum Gasteiger partial charge on any atom is -0.354 e. The van der Waals surface area contributed by atoms with Gasteiger partial charge in [-0.05, 0) is 38.0 Å². The monoisotopic (exact) mass is 404 g/mol. The van der Waals surface area contributed by atoms with Gasteiger partial charge in [0.05, 0.1) is 6.42 Å². The van der Waals surface area contributed by atoms with Gasteiger partial charge in [-0.15, -0.1) is 0 Å². The fourth-order valence-electron chi connectivity index (χ4n) is 2.94. The minimum atomic E-state index is -0.690. The summed E-state index contributed by atoms with van der Waals surface area (Å²) < 4.78 is 14.1. The van der Waals surface area contributed by atoms with Crippen LogP contribution in [-0.2, 0) is 22.6 Å². The van der Waals surface area contributed by atoms with Crippen LogP contribution in [0.1, 0.15) is 37.0 Å². The molecule has 0 bridgehead atoms. The van der Waals surface area contributed by atoms with Crippen LogP contribution in [0.15, 0.2) is 42.5 Å². The van der Waals surface area contributed by atoms with E-state index < -0.39 is 11.9 Å². The summed E-state index contributed by atoms with van der Waals surface area (Å²) in [4.78, 5) is 27.0. The third-order valence-corrected chi connectivity index (χ3v) is 4.90. The first-order valence-electron chi connectivity index (χ1n) is 9.39. The molecule has 1 unspecified atom stereocenters. The number of carbonyl (C=O) groups is 2. The Morgan fingerprint density at radius 1 is 1.21 bits per heavy atom. The highest BCUT2D eigenvalue weighted by Gasteiger charge is 2.27. The van der Waals surface area contributed by atoms with Gasteiger partial charge in [-0.1, -0.05) is 54.4 Å². The molecule has 2 aromatic rings. The van der Waals surface area contributed by atoms with Crippen LogP contribution in [0.4, 0.5) is 4.39 Å². The number of carbonyl (C=O) groups excluding carboxylic acids is 2. The molecule has 4 nitrogen and oxygen atoms in total. The predicted molar refractivity (Wildman–Crippen MR) is 110 cm³/mol. The zero-order chi connectivity index (χ0) is 20.7. The molecule has 0 saturated heterocycles. The van der Waals surface area contributed by atoms with Gasteiger partial charge in [0.1, 0.15) is 11.9 Å². The second-order valence-electron chi connectivity index (χ2n) is 6.85. The van der Waals surface area contributed by atoms with Crippen LogP contribution in [-0.4, -0.2) is 29.3 Å². The molecule has 2 amide bonds. The molecule has 0 heterocycles. The topological polar surface area (TPSA) is 49.4 Å². The number of benzene rings is 2. The number of nitrogens with one attached hydrogen (secondary N) is 1. The average Bonchev–Trinajstić information content (AvgIpc) is 2.66. The number of hydrogen-bond donors (Lipinski definition) is 1. The number of aryl methyl sites for hydroxylation is 1. The Labute approximate surface area is 170 Å². The van der Waals surface area contributed by atoms with Crippen molar-refractivity contribution in [1.29, 1.82) is 0 Å². The van der Waals surface area contributed by atoms with Crippen molar-refractivity contribution in [3.05, 3.63) is 70.0 Å². The zero-order valence-electron chi connectivity index (χ0n) is 16.5. The van der Waals surface area contributed by atoms with E-state index in [0.717, 1.165) is 17.5 Å². The Hall–Kier alpha value is -2.40. The first kappa shape index (κ1) is 21.9. The van der Waals surface area contributed by atoms with E-state index in [9.17, 15) is 14.0 Å². The van der Waals surface area contributed by atoms with Crippen molar-refractivity contribution in [2.24, 2.45) is 0 Å². The van der Waals surface area contributed by atoms with Crippen molar-refractivity contribution < 1.29 is 14.0 Å². The van der Waals surface area contributed by atoms with Crippen LogP contribution in [0.2, 0.25) is 5.02 Å². The maximum atomic E-state index is 14.1. The van der Waals surface area contributed by atoms with E-state index in [0.29, 0.717) is 6.54 Å². The third-order valence-electron chi connectivity index (χ3n) is 4.54. The molecule has 6 heteroatoms. The smallest absolute Gasteiger partial charge is 0.242 e. The average molecular weight is 405 g/mol. The summed E-state index contributed by atoms with van der Waals surface area (Å²) in [6.45, 7) is 6.40. The van der Waals surface area contributed by atoms with E-state index in [2.05, 4.69) is 5.32 Å². The van der Waals surface area contributed by atoms with Crippen molar-refractivity contribution in [3.63, 3.8) is 0 Å². The van der Waals surface area contributed by atoms with Gasteiger partial charge >= 0.3 is 0 Å². The molecule has 2 aromatic carbocycles. The second-order valence-corrected chi connectivity index (χ2v) is 7.26. The van der Waals surface area contributed by atoms with Gasteiger partial charge in [-0.3, -0.25) is 9.59 Å². The van der Waals surface area contributed by atoms with Crippen molar-refractivity contribution in [1.82, 2.24) is 10.2 Å². The number of amides is 2. The molecule has 1 atom stereocenters. The fraction of sp³-hybridized carbons (Fsp3) is 0.364. The molecule has 2 rings (SSSR count). The van der Waals surface area contributed by atoms with Crippen LogP contribution in [0, 0.1) is 12.7 Å². The number of halogens is 2. The summed E-state index contributed by atoms with van der Waals surface area (Å²) in [7, 11) is 0. The molecule has 0 aromatic heterocycles. The number of nitrogens with zero attached hydrogens (tertiary/aromatic N) is 1. The van der Waals surface area contributed by atoms with E-state index in [1.165, 1.54) is 17.0 Å². The Bertz CT molecular complexity index is 821. The summed E-state index contributed by atoms with van der Waals surface area (Å²) in [6.07, 6.45) is 0.595. The predicted octanol–water partition coefficient (Wildman–Crippen LogP) is 4.27. The lowest BCUT2D eigenvalue weighted by molar-refractivity contribution is -0.140. The van der Waals surface area contributed by atoms with Crippen molar-refractivity contribution in [2.45, 2.75) is 46.2 Å². The standard InChI is InChI=1S/C22H26ClFN2O2/c1-4-11-25-22(28)16(3)26(14-17-8-5-7-15(2)12-17)21(27)13-18-19(23)9-6-10-20(18)24/h5-10,12,16H,4,11,13-14H2,1-3H3,(H,25,28). The fourth-order valence-corrected chi connectivity index (χ4v) is 3.17. The molecule has 0 aliphatic rings. The first-order chi connectivity index (χ1) is 13.3. The van der Waals surface area contributed by atoms with E-state index in [1.54, 1.807) is 13.0 Å². The van der Waals surface area contributed by atoms with Crippen molar-refractivity contribution in [2.75, 3.05) is 6.54 Å². The van der Waals surface area contributed by atoms with Crippen LogP contribution < -0.4 is 5.32 Å². The van der Waals surface area contributed by atoms with Crippen LogP contribution >= 0.6 is 11.6 Å². The highest BCUT2D eigenvalue weighted by atomic mass is 35.5. The van der Waals surface area contributed by atoms with Gasteiger partial charge in [0, 0.05) is 23.7 Å². The van der Waals surface area contributed by atoms with E-state index in [-0.39, 0.29) is 35.4 Å². The van der Waals surface area contributed by atoms with Crippen LogP contribution in [0.25, 0.3) is 0 Å². The van der Waals surface area contributed by atoms with Gasteiger partial charge in [-0.25, -0.2) is 4.39 Å². The largest absolute Gasteiger partial charge is 0.354 e. The maximum absolute atomic E-state index is 14.1. The Morgan fingerprint density at radius 3 is 2.57 bits per heavy atom. The molecular weight excluding hydrogens is 379 g/mol. The molecule has 0 fully saturated rings. The lowest BCUT2D eigenvalue weighted by atomic mass is 10.1. The molecule has 0 radical (unpaired) electrons. The van der Waals surface area contributed by atoms with Gasteiger partial charge in [0.2, 0.25) is 11.8 Å². The number of rotatable bonds is 8. The van der Waals surface area contributed by atoms with E-state index in [1.807, 2.05) is 38.1 Å². The molecule has 0 saturated carbocycles. The molecule has 28 heavy (non-hydrogen) atoms. The Balaban J connectivity index is 2.28. The zero-order valence-corrected chi connectivity index (χ0v) is 17.2.